The molecule has 0 aromatic carbocycles. The lowest BCUT2D eigenvalue weighted by molar-refractivity contribution is -0.120. The highest BCUT2D eigenvalue weighted by Gasteiger charge is 2.18. The molecule has 0 fully saturated rings. The Morgan fingerprint density at radius 2 is 2.26 bits per heavy atom. The van der Waals surface area contributed by atoms with Crippen LogP contribution in [0.15, 0.2) is 22.8 Å². The Labute approximate surface area is 115 Å². The minimum Gasteiger partial charge on any atom is -0.459 e. The molecule has 7 heteroatoms. The Morgan fingerprint density at radius 3 is 2.79 bits per heavy atom. The predicted molar refractivity (Wildman–Crippen MR) is 73.0 cm³/mol. The molecule has 3 N–H and O–H groups in total. The maximum atomic E-state index is 11.6. The van der Waals surface area contributed by atoms with E-state index < -0.39 is 5.91 Å². The lowest BCUT2D eigenvalue weighted by Crippen LogP contribution is -2.45. The van der Waals surface area contributed by atoms with Gasteiger partial charge in [0.1, 0.15) is 0 Å². The van der Waals surface area contributed by atoms with Crippen molar-refractivity contribution in [2.75, 3.05) is 19.4 Å². The van der Waals surface area contributed by atoms with Crippen LogP contribution in [0.4, 0.5) is 0 Å². The van der Waals surface area contributed by atoms with Crippen LogP contribution < -0.4 is 10.6 Å². The van der Waals surface area contributed by atoms with E-state index in [1.807, 2.05) is 13.2 Å². The molecule has 2 unspecified atom stereocenters. The van der Waals surface area contributed by atoms with E-state index in [1.54, 1.807) is 6.07 Å². The van der Waals surface area contributed by atoms with Crippen molar-refractivity contribution in [3.05, 3.63) is 24.2 Å². The molecule has 0 radical (unpaired) electrons. The molecule has 0 aliphatic rings. The van der Waals surface area contributed by atoms with Crippen LogP contribution in [-0.2, 0) is 4.79 Å². The van der Waals surface area contributed by atoms with E-state index in [2.05, 4.69) is 10.6 Å². The van der Waals surface area contributed by atoms with Crippen LogP contribution in [0.5, 0.6) is 0 Å². The number of hydrogen-bond donors (Lipinski definition) is 3. The first kappa shape index (κ1) is 15.6. The van der Waals surface area contributed by atoms with Crippen molar-refractivity contribution in [1.29, 1.82) is 0 Å². The first-order chi connectivity index (χ1) is 9.08. The van der Waals surface area contributed by atoms with Gasteiger partial charge in [-0.25, -0.2) is 0 Å². The van der Waals surface area contributed by atoms with Crippen LogP contribution in [0.3, 0.4) is 0 Å². The second-order valence-electron chi connectivity index (χ2n) is 3.97. The van der Waals surface area contributed by atoms with Crippen LogP contribution >= 0.6 is 11.8 Å². The van der Waals surface area contributed by atoms with E-state index in [0.717, 1.165) is 0 Å². The first-order valence-corrected chi connectivity index (χ1v) is 7.12. The van der Waals surface area contributed by atoms with Crippen molar-refractivity contribution >= 4 is 23.6 Å². The van der Waals surface area contributed by atoms with Gasteiger partial charge in [-0.3, -0.25) is 9.59 Å². The standard InChI is InChI=1S/C12H18N2O4S/c1-8(10(7-15)19-2)14-11(16)6-13-12(17)9-4-3-5-18-9/h3-5,8,10,15H,6-7H2,1-2H3,(H,13,17)(H,14,16). The third-order valence-corrected chi connectivity index (χ3v) is 3.75. The summed E-state index contributed by atoms with van der Waals surface area (Å²) in [6.45, 7) is 1.67. The topological polar surface area (TPSA) is 91.6 Å². The van der Waals surface area contributed by atoms with Gasteiger partial charge in [-0.05, 0) is 25.3 Å². The number of hydrogen-bond acceptors (Lipinski definition) is 5. The van der Waals surface area contributed by atoms with E-state index in [-0.39, 0.29) is 36.1 Å². The van der Waals surface area contributed by atoms with Crippen LogP contribution in [0, 0.1) is 0 Å². The molecule has 1 aromatic heterocycles. The molecular weight excluding hydrogens is 268 g/mol. The predicted octanol–water partition coefficient (Wildman–Crippen LogP) is 0.238. The Morgan fingerprint density at radius 1 is 1.53 bits per heavy atom. The molecule has 0 aliphatic heterocycles. The average Bonchev–Trinajstić information content (AvgIpc) is 2.91. The van der Waals surface area contributed by atoms with E-state index in [4.69, 9.17) is 9.52 Å². The first-order valence-electron chi connectivity index (χ1n) is 5.83. The molecule has 0 spiro atoms. The van der Waals surface area contributed by atoms with Gasteiger partial charge in [0.05, 0.1) is 19.4 Å². The quantitative estimate of drug-likeness (QED) is 0.668. The summed E-state index contributed by atoms with van der Waals surface area (Å²) in [4.78, 5) is 23.1. The summed E-state index contributed by atoms with van der Waals surface area (Å²) in [6, 6.07) is 2.94. The van der Waals surface area contributed by atoms with Gasteiger partial charge in [0, 0.05) is 11.3 Å². The molecule has 1 heterocycles. The van der Waals surface area contributed by atoms with Gasteiger partial charge in [-0.2, -0.15) is 11.8 Å². The normalized spacial score (nSPS) is 13.6. The summed E-state index contributed by atoms with van der Waals surface area (Å²) in [5.74, 6) is -0.575. The van der Waals surface area contributed by atoms with Gasteiger partial charge in [0.15, 0.2) is 5.76 Å². The zero-order valence-corrected chi connectivity index (χ0v) is 11.7. The van der Waals surface area contributed by atoms with Crippen LogP contribution in [0.1, 0.15) is 17.5 Å². The van der Waals surface area contributed by atoms with E-state index in [1.165, 1.54) is 24.1 Å². The van der Waals surface area contributed by atoms with Gasteiger partial charge >= 0.3 is 0 Å². The van der Waals surface area contributed by atoms with E-state index >= 15 is 0 Å². The molecule has 0 bridgehead atoms. The molecule has 2 amide bonds. The summed E-state index contributed by atoms with van der Waals surface area (Å²) in [7, 11) is 0. The van der Waals surface area contributed by atoms with Gasteiger partial charge in [0.25, 0.3) is 5.91 Å². The Balaban J connectivity index is 2.33. The molecule has 19 heavy (non-hydrogen) atoms. The molecule has 1 aromatic rings. The Hall–Kier alpha value is -1.47. The number of aliphatic hydroxyl groups is 1. The number of nitrogens with one attached hydrogen (secondary N) is 2. The van der Waals surface area contributed by atoms with Crippen LogP contribution in [0.25, 0.3) is 0 Å². The summed E-state index contributed by atoms with van der Waals surface area (Å²) < 4.78 is 4.90. The maximum absolute atomic E-state index is 11.6. The van der Waals surface area contributed by atoms with Crippen molar-refractivity contribution in [3.63, 3.8) is 0 Å². The number of amides is 2. The summed E-state index contributed by atoms with van der Waals surface area (Å²) in [5, 5.41) is 14.2. The van der Waals surface area contributed by atoms with Crippen molar-refractivity contribution < 1.29 is 19.1 Å². The van der Waals surface area contributed by atoms with Crippen molar-refractivity contribution in [2.45, 2.75) is 18.2 Å². The van der Waals surface area contributed by atoms with Crippen LogP contribution in [0.2, 0.25) is 0 Å². The molecule has 6 nitrogen and oxygen atoms in total. The van der Waals surface area contributed by atoms with Crippen molar-refractivity contribution in [3.8, 4) is 0 Å². The van der Waals surface area contributed by atoms with Gasteiger partial charge in [-0.1, -0.05) is 0 Å². The van der Waals surface area contributed by atoms with Crippen molar-refractivity contribution in [2.24, 2.45) is 0 Å². The smallest absolute Gasteiger partial charge is 0.287 e. The molecule has 1 rings (SSSR count). The lowest BCUT2D eigenvalue weighted by atomic mass is 10.2. The van der Waals surface area contributed by atoms with Crippen molar-refractivity contribution in [1.82, 2.24) is 10.6 Å². The SMILES string of the molecule is CSC(CO)C(C)NC(=O)CNC(=O)c1ccco1. The number of carbonyl (C=O) groups excluding carboxylic acids is 2. The fourth-order valence-corrected chi connectivity index (χ4v) is 2.12. The van der Waals surface area contributed by atoms with Crippen LogP contribution in [-0.4, -0.2) is 47.6 Å². The number of furan rings is 1. The summed E-state index contributed by atoms with van der Waals surface area (Å²) >= 11 is 1.48. The highest BCUT2D eigenvalue weighted by atomic mass is 32.2. The number of rotatable bonds is 7. The van der Waals surface area contributed by atoms with Gasteiger partial charge in [-0.15, -0.1) is 0 Å². The summed E-state index contributed by atoms with van der Waals surface area (Å²) in [6.07, 6.45) is 3.25. The zero-order chi connectivity index (χ0) is 14.3. The number of carbonyl (C=O) groups is 2. The third-order valence-electron chi connectivity index (χ3n) is 2.58. The molecule has 0 saturated carbocycles. The Kier molecular flexibility index (Phi) is 6.44. The molecule has 106 valence electrons. The highest BCUT2D eigenvalue weighted by molar-refractivity contribution is 7.99. The molecular formula is C12H18N2O4S. The zero-order valence-electron chi connectivity index (χ0n) is 10.9. The highest BCUT2D eigenvalue weighted by Crippen LogP contribution is 2.09. The molecule has 0 aliphatic carbocycles. The van der Waals surface area contributed by atoms with E-state index in [9.17, 15) is 9.59 Å². The monoisotopic (exact) mass is 286 g/mol. The summed E-state index contributed by atoms with van der Waals surface area (Å²) in [5.41, 5.74) is 0. The third kappa shape index (κ3) is 4.96. The lowest BCUT2D eigenvalue weighted by Gasteiger charge is -2.21. The number of thioether (sulfide) groups is 1. The second-order valence-corrected chi connectivity index (χ2v) is 5.05. The molecule has 0 saturated heterocycles. The number of aliphatic hydroxyl groups excluding tert-OH is 1. The second kappa shape index (κ2) is 7.85. The average molecular weight is 286 g/mol. The minimum atomic E-state index is -0.434. The molecule has 2 atom stereocenters. The maximum Gasteiger partial charge on any atom is 0.287 e. The largest absolute Gasteiger partial charge is 0.459 e. The minimum absolute atomic E-state index is 0.0125. The van der Waals surface area contributed by atoms with Gasteiger partial charge < -0.3 is 20.2 Å². The Bertz CT molecular complexity index is 404. The van der Waals surface area contributed by atoms with E-state index in [0.29, 0.717) is 0 Å². The van der Waals surface area contributed by atoms with Gasteiger partial charge in [0.2, 0.25) is 5.91 Å². The fourth-order valence-electron chi connectivity index (χ4n) is 1.49. The fraction of sp³-hybridized carbons (Fsp3) is 0.500.